The van der Waals surface area contributed by atoms with Crippen molar-refractivity contribution in [3.05, 3.63) is 92.5 Å². The largest absolute Gasteiger partial charge is 0.496 e. The maximum absolute atomic E-state index is 12.4. The number of carbonyl (C=O) groups excluding carboxylic acids is 1. The average Bonchev–Trinajstić information content (AvgIpc) is 2.94. The van der Waals surface area contributed by atoms with E-state index in [4.69, 9.17) is 14.2 Å². The molecule has 0 aromatic heterocycles. The van der Waals surface area contributed by atoms with Gasteiger partial charge in [-0.05, 0) is 54.4 Å². The number of ether oxygens (including phenoxy) is 3. The molecule has 0 aliphatic carbocycles. The van der Waals surface area contributed by atoms with Crippen LogP contribution in [0.15, 0.2) is 59.7 Å². The van der Waals surface area contributed by atoms with Crippen molar-refractivity contribution in [1.29, 1.82) is 0 Å². The molecule has 2 N–H and O–H groups in total. The van der Waals surface area contributed by atoms with Gasteiger partial charge in [-0.3, -0.25) is 14.9 Å². The van der Waals surface area contributed by atoms with E-state index < -0.39 is 10.8 Å². The van der Waals surface area contributed by atoms with Gasteiger partial charge in [-0.25, -0.2) is 5.43 Å². The Labute approximate surface area is 221 Å². The fraction of sp³-hybridized carbons (Fsp3) is 0.286. The van der Waals surface area contributed by atoms with Crippen LogP contribution >= 0.6 is 0 Å². The van der Waals surface area contributed by atoms with Crippen LogP contribution in [0.1, 0.15) is 45.6 Å². The molecule has 4 rings (SSSR count). The van der Waals surface area contributed by atoms with Crippen molar-refractivity contribution in [2.45, 2.75) is 25.9 Å². The Morgan fingerprint density at radius 3 is 2.50 bits per heavy atom. The molecule has 0 bridgehead atoms. The van der Waals surface area contributed by atoms with Gasteiger partial charge in [0.15, 0.2) is 11.5 Å². The molecule has 0 saturated heterocycles. The molecular weight excluding hydrogens is 488 g/mol. The van der Waals surface area contributed by atoms with E-state index in [9.17, 15) is 14.9 Å². The number of hydrazone groups is 1. The van der Waals surface area contributed by atoms with Gasteiger partial charge in [-0.15, -0.1) is 0 Å². The number of quaternary nitrogens is 1. The molecule has 3 aromatic rings. The molecular formula is C28H31N4O6+. The number of fused-ring (bicyclic) bond motifs is 1. The summed E-state index contributed by atoms with van der Waals surface area (Å²) in [5.41, 5.74) is 6.32. The predicted molar refractivity (Wildman–Crippen MR) is 142 cm³/mol. The zero-order valence-electron chi connectivity index (χ0n) is 21.8. The molecule has 1 amide bonds. The van der Waals surface area contributed by atoms with Gasteiger partial charge in [0, 0.05) is 23.6 Å². The third-order valence-electron chi connectivity index (χ3n) is 6.89. The maximum atomic E-state index is 12.4. The summed E-state index contributed by atoms with van der Waals surface area (Å²) in [6.07, 6.45) is 2.42. The van der Waals surface area contributed by atoms with E-state index in [1.54, 1.807) is 27.4 Å². The minimum Gasteiger partial charge on any atom is -0.496 e. The molecule has 10 heteroatoms. The summed E-state index contributed by atoms with van der Waals surface area (Å²) in [7, 11) is 4.93. The molecule has 0 radical (unpaired) electrons. The van der Waals surface area contributed by atoms with E-state index >= 15 is 0 Å². The Hall–Kier alpha value is -4.44. The summed E-state index contributed by atoms with van der Waals surface area (Å²) in [6.45, 7) is 3.87. The third-order valence-corrected chi connectivity index (χ3v) is 6.89. The van der Waals surface area contributed by atoms with Gasteiger partial charge < -0.3 is 19.1 Å². The highest BCUT2D eigenvalue weighted by atomic mass is 16.6. The Bertz CT molecular complexity index is 1370. The highest BCUT2D eigenvalue weighted by Crippen LogP contribution is 2.34. The molecule has 1 aliphatic heterocycles. The average molecular weight is 520 g/mol. The van der Waals surface area contributed by atoms with Crippen LogP contribution in [0, 0.1) is 10.1 Å². The summed E-state index contributed by atoms with van der Waals surface area (Å²) in [6, 6.07) is 15.8. The highest BCUT2D eigenvalue weighted by Gasteiger charge is 2.30. The van der Waals surface area contributed by atoms with Gasteiger partial charge in [0.1, 0.15) is 23.9 Å². The van der Waals surface area contributed by atoms with Crippen LogP contribution in [-0.2, 0) is 13.0 Å². The number of nitrogens with one attached hydrogen (secondary N) is 2. The highest BCUT2D eigenvalue weighted by molar-refractivity contribution is 5.98. The lowest BCUT2D eigenvalue weighted by molar-refractivity contribution is -0.945. The first-order valence-corrected chi connectivity index (χ1v) is 12.2. The maximum Gasteiger partial charge on any atom is 0.282 e. The number of nitro benzene ring substituents is 1. The van der Waals surface area contributed by atoms with Gasteiger partial charge in [0.2, 0.25) is 0 Å². The SMILES string of the molecule is COc1ccc(C=NNC(=O)c2ccccc2[N+](=O)[O-])cc1C[NH+]1CCc2cc(OC)c(OC)cc2C1C. The molecule has 38 heavy (non-hydrogen) atoms. The summed E-state index contributed by atoms with van der Waals surface area (Å²) in [4.78, 5) is 24.4. The lowest BCUT2D eigenvalue weighted by Gasteiger charge is -2.33. The number of nitro groups is 1. The van der Waals surface area contributed by atoms with Crippen LogP contribution in [-0.4, -0.2) is 44.9 Å². The van der Waals surface area contributed by atoms with Crippen LogP contribution in [0.2, 0.25) is 0 Å². The van der Waals surface area contributed by atoms with Crippen molar-refractivity contribution >= 4 is 17.8 Å². The fourth-order valence-corrected chi connectivity index (χ4v) is 4.84. The van der Waals surface area contributed by atoms with Crippen molar-refractivity contribution in [2.24, 2.45) is 5.10 Å². The normalized spacial score (nSPS) is 16.5. The zero-order chi connectivity index (χ0) is 27.2. The first kappa shape index (κ1) is 26.6. The van der Waals surface area contributed by atoms with Crippen molar-refractivity contribution in [3.8, 4) is 17.2 Å². The molecule has 2 atom stereocenters. The van der Waals surface area contributed by atoms with E-state index in [-0.39, 0.29) is 17.3 Å². The van der Waals surface area contributed by atoms with Crippen molar-refractivity contribution in [2.75, 3.05) is 27.9 Å². The lowest BCUT2D eigenvalue weighted by Crippen LogP contribution is -3.11. The third kappa shape index (κ3) is 5.60. The summed E-state index contributed by atoms with van der Waals surface area (Å²) in [5, 5.41) is 15.2. The molecule has 0 fully saturated rings. The molecule has 1 heterocycles. The molecule has 0 saturated carbocycles. The first-order valence-electron chi connectivity index (χ1n) is 12.2. The minimum atomic E-state index is -0.653. The monoisotopic (exact) mass is 519 g/mol. The van der Waals surface area contributed by atoms with Crippen LogP contribution in [0.5, 0.6) is 17.2 Å². The zero-order valence-corrected chi connectivity index (χ0v) is 21.8. The molecule has 198 valence electrons. The lowest BCUT2D eigenvalue weighted by atomic mass is 9.92. The number of nitrogens with zero attached hydrogens (tertiary/aromatic N) is 2. The number of carbonyl (C=O) groups is 1. The molecule has 1 aliphatic rings. The number of methoxy groups -OCH3 is 3. The van der Waals surface area contributed by atoms with Gasteiger partial charge in [-0.2, -0.15) is 5.10 Å². The van der Waals surface area contributed by atoms with E-state index in [0.29, 0.717) is 0 Å². The number of benzene rings is 3. The Morgan fingerprint density at radius 1 is 1.08 bits per heavy atom. The van der Waals surface area contributed by atoms with E-state index in [2.05, 4.69) is 29.6 Å². The molecule has 2 unspecified atom stereocenters. The topological polar surface area (TPSA) is 117 Å². The Balaban J connectivity index is 1.50. The van der Waals surface area contributed by atoms with Crippen LogP contribution in [0.25, 0.3) is 0 Å². The smallest absolute Gasteiger partial charge is 0.282 e. The second kappa shape index (κ2) is 11.7. The standard InChI is InChI=1S/C28H30N4O6/c1-18-23-15-27(38-4)26(37-3)14-20(23)11-12-31(18)17-21-13-19(9-10-25(21)36-2)16-29-30-28(33)22-7-5-6-8-24(22)32(34)35/h5-10,13-16,18H,11-12,17H2,1-4H3,(H,30,33)/p+1. The Kier molecular flexibility index (Phi) is 8.22. The number of hydrogen-bond acceptors (Lipinski definition) is 7. The molecule has 3 aromatic carbocycles. The second-order valence-electron chi connectivity index (χ2n) is 9.01. The van der Waals surface area contributed by atoms with Gasteiger partial charge in [0.25, 0.3) is 11.6 Å². The van der Waals surface area contributed by atoms with E-state index in [1.807, 2.05) is 18.2 Å². The minimum absolute atomic E-state index is 0.0534. The van der Waals surface area contributed by atoms with Gasteiger partial charge in [-0.1, -0.05) is 12.1 Å². The summed E-state index contributed by atoms with van der Waals surface area (Å²) < 4.78 is 16.6. The number of hydrogen-bond donors (Lipinski definition) is 2. The summed E-state index contributed by atoms with van der Waals surface area (Å²) in [5.74, 6) is 1.58. The van der Waals surface area contributed by atoms with Gasteiger partial charge in [0.05, 0.1) is 39.0 Å². The fourth-order valence-electron chi connectivity index (χ4n) is 4.84. The van der Waals surface area contributed by atoms with Crippen molar-refractivity contribution in [3.63, 3.8) is 0 Å². The van der Waals surface area contributed by atoms with Crippen LogP contribution in [0.4, 0.5) is 5.69 Å². The van der Waals surface area contributed by atoms with E-state index in [0.717, 1.165) is 47.9 Å². The van der Waals surface area contributed by atoms with E-state index in [1.165, 1.54) is 40.4 Å². The number of amides is 1. The van der Waals surface area contributed by atoms with Crippen molar-refractivity contribution in [1.82, 2.24) is 5.43 Å². The second-order valence-corrected chi connectivity index (χ2v) is 9.01. The van der Waals surface area contributed by atoms with Crippen molar-refractivity contribution < 1.29 is 28.8 Å². The number of para-hydroxylation sites is 1. The first-order chi connectivity index (χ1) is 18.4. The van der Waals surface area contributed by atoms with Gasteiger partial charge >= 0.3 is 0 Å². The number of rotatable bonds is 9. The predicted octanol–water partition coefficient (Wildman–Crippen LogP) is 3.09. The van der Waals surface area contributed by atoms with Crippen LogP contribution in [0.3, 0.4) is 0 Å². The Morgan fingerprint density at radius 2 is 1.79 bits per heavy atom. The summed E-state index contributed by atoms with van der Waals surface area (Å²) >= 11 is 0. The quantitative estimate of drug-likeness (QED) is 0.255. The molecule has 10 nitrogen and oxygen atoms in total. The van der Waals surface area contributed by atoms with Crippen LogP contribution < -0.4 is 24.5 Å². The molecule has 0 spiro atoms.